The lowest BCUT2D eigenvalue weighted by Gasteiger charge is -2.56. The molecule has 0 saturated heterocycles. The van der Waals surface area contributed by atoms with Crippen LogP contribution in [0.1, 0.15) is 65.2 Å². The molecule has 0 aliphatic heterocycles. The van der Waals surface area contributed by atoms with Gasteiger partial charge in [-0.1, -0.05) is 25.5 Å². The summed E-state index contributed by atoms with van der Waals surface area (Å²) in [6.45, 7) is 4.76. The van der Waals surface area contributed by atoms with Crippen LogP contribution in [0.4, 0.5) is 0 Å². The van der Waals surface area contributed by atoms with E-state index in [9.17, 15) is 4.79 Å². The molecule has 2 heteroatoms. The predicted octanol–water partition coefficient (Wildman–Crippen LogP) is 5.13. The topological polar surface area (TPSA) is 17.1 Å². The molecule has 0 aromatic heterocycles. The van der Waals surface area contributed by atoms with Gasteiger partial charge in [-0.05, 0) is 68.1 Å². The second-order valence-electron chi connectivity index (χ2n) is 8.52. The second-order valence-corrected chi connectivity index (χ2v) is 9.13. The van der Waals surface area contributed by atoms with Crippen molar-refractivity contribution in [3.05, 3.63) is 11.6 Å². The Morgan fingerprint density at radius 3 is 2.62 bits per heavy atom. The predicted molar refractivity (Wildman–Crippen MR) is 86.4 cm³/mol. The molecule has 4 aliphatic rings. The maximum absolute atomic E-state index is 12.4. The minimum Gasteiger partial charge on any atom is -0.299 e. The van der Waals surface area contributed by atoms with Crippen molar-refractivity contribution >= 4 is 17.4 Å². The smallest absolute Gasteiger partial charge is 0.139 e. The molecular formula is C19H27ClO. The van der Waals surface area contributed by atoms with Crippen molar-refractivity contribution in [2.75, 3.05) is 0 Å². The monoisotopic (exact) mass is 306 g/mol. The molecule has 0 aromatic carbocycles. The van der Waals surface area contributed by atoms with Gasteiger partial charge in [-0.25, -0.2) is 0 Å². The summed E-state index contributed by atoms with van der Waals surface area (Å²) in [6, 6.07) is 0. The van der Waals surface area contributed by atoms with E-state index in [1.165, 1.54) is 25.7 Å². The van der Waals surface area contributed by atoms with E-state index in [4.69, 9.17) is 11.6 Å². The SMILES string of the molecule is C[C@]12CC[C@H](Cl)CC1=CC[C@H]1[C@H]2CC[C@]2(C)C(=O)CC[C@H]12. The molecule has 6 atom stereocenters. The Kier molecular flexibility index (Phi) is 3.13. The van der Waals surface area contributed by atoms with Crippen LogP contribution in [-0.4, -0.2) is 11.2 Å². The zero-order chi connectivity index (χ0) is 14.8. The number of fused-ring (bicyclic) bond motifs is 5. The van der Waals surface area contributed by atoms with E-state index < -0.39 is 0 Å². The standard InChI is InChI=1S/C19H27ClO/c1-18-9-7-13(20)11-12(18)3-4-14-15-5-6-17(21)19(15,2)10-8-16(14)18/h3,13-16H,4-11H2,1-2H3/t13-,14+,15+,16+,18-,19-/m0/s1. The van der Waals surface area contributed by atoms with E-state index in [0.29, 0.717) is 22.5 Å². The number of halogens is 1. The van der Waals surface area contributed by atoms with E-state index in [0.717, 1.165) is 37.5 Å². The van der Waals surface area contributed by atoms with Gasteiger partial charge in [0.05, 0.1) is 0 Å². The lowest BCUT2D eigenvalue weighted by molar-refractivity contribution is -0.131. The van der Waals surface area contributed by atoms with Gasteiger partial charge in [-0.3, -0.25) is 4.79 Å². The first-order valence-corrected chi connectivity index (χ1v) is 9.26. The van der Waals surface area contributed by atoms with Crippen molar-refractivity contribution in [2.24, 2.45) is 28.6 Å². The van der Waals surface area contributed by atoms with Gasteiger partial charge in [-0.15, -0.1) is 11.6 Å². The highest BCUT2D eigenvalue weighted by Crippen LogP contribution is 2.64. The molecule has 0 bridgehead atoms. The van der Waals surface area contributed by atoms with Crippen molar-refractivity contribution in [1.82, 2.24) is 0 Å². The molecular weight excluding hydrogens is 280 g/mol. The third-order valence-corrected chi connectivity index (χ3v) is 8.13. The van der Waals surface area contributed by atoms with Crippen LogP contribution < -0.4 is 0 Å². The molecule has 0 spiro atoms. The third-order valence-electron chi connectivity index (χ3n) is 7.75. The highest BCUT2D eigenvalue weighted by Gasteiger charge is 2.58. The summed E-state index contributed by atoms with van der Waals surface area (Å²) < 4.78 is 0. The average Bonchev–Trinajstić information content (AvgIpc) is 2.76. The highest BCUT2D eigenvalue weighted by atomic mass is 35.5. The zero-order valence-corrected chi connectivity index (χ0v) is 14.1. The first-order valence-electron chi connectivity index (χ1n) is 8.82. The summed E-state index contributed by atoms with van der Waals surface area (Å²) in [5, 5.41) is 0.350. The average molecular weight is 307 g/mol. The molecule has 1 nitrogen and oxygen atoms in total. The number of hydrogen-bond donors (Lipinski definition) is 0. The van der Waals surface area contributed by atoms with Crippen LogP contribution in [0.15, 0.2) is 11.6 Å². The molecule has 0 heterocycles. The van der Waals surface area contributed by atoms with Gasteiger partial charge in [0.1, 0.15) is 5.78 Å². The fraction of sp³-hybridized carbons (Fsp3) is 0.842. The van der Waals surface area contributed by atoms with Crippen molar-refractivity contribution in [3.63, 3.8) is 0 Å². The van der Waals surface area contributed by atoms with Crippen LogP contribution in [0.25, 0.3) is 0 Å². The molecule has 0 radical (unpaired) electrons. The largest absolute Gasteiger partial charge is 0.299 e. The van der Waals surface area contributed by atoms with Gasteiger partial charge in [0.2, 0.25) is 0 Å². The lowest BCUT2D eigenvalue weighted by atomic mass is 9.48. The molecule has 116 valence electrons. The summed E-state index contributed by atoms with van der Waals surface area (Å²) in [6.07, 6.45) is 11.6. The van der Waals surface area contributed by atoms with Crippen LogP contribution in [0.5, 0.6) is 0 Å². The summed E-state index contributed by atoms with van der Waals surface area (Å²) in [7, 11) is 0. The fourth-order valence-corrected chi connectivity index (χ4v) is 6.66. The molecule has 0 aromatic rings. The molecule has 21 heavy (non-hydrogen) atoms. The van der Waals surface area contributed by atoms with Crippen molar-refractivity contribution in [1.29, 1.82) is 0 Å². The van der Waals surface area contributed by atoms with E-state index in [1.54, 1.807) is 5.57 Å². The number of hydrogen-bond acceptors (Lipinski definition) is 1. The van der Waals surface area contributed by atoms with Crippen molar-refractivity contribution in [3.8, 4) is 0 Å². The number of carbonyl (C=O) groups is 1. The number of carbonyl (C=O) groups excluding carboxylic acids is 1. The van der Waals surface area contributed by atoms with Crippen LogP contribution in [0, 0.1) is 28.6 Å². The third kappa shape index (κ3) is 1.85. The first kappa shape index (κ1) is 14.3. The van der Waals surface area contributed by atoms with Gasteiger partial charge in [0.15, 0.2) is 0 Å². The molecule has 3 fully saturated rings. The Labute approximate surface area is 133 Å². The summed E-state index contributed by atoms with van der Waals surface area (Å²) >= 11 is 6.42. The minimum absolute atomic E-state index is 0.00650. The minimum atomic E-state index is 0.00650. The van der Waals surface area contributed by atoms with E-state index in [1.807, 2.05) is 0 Å². The first-order chi connectivity index (χ1) is 9.95. The van der Waals surface area contributed by atoms with Gasteiger partial charge >= 0.3 is 0 Å². The van der Waals surface area contributed by atoms with Gasteiger partial charge in [-0.2, -0.15) is 0 Å². The fourth-order valence-electron chi connectivity index (χ4n) is 6.39. The van der Waals surface area contributed by atoms with E-state index >= 15 is 0 Å². The summed E-state index contributed by atoms with van der Waals surface area (Å²) in [5.41, 5.74) is 2.02. The molecule has 4 rings (SSSR count). The molecule has 4 aliphatic carbocycles. The molecule has 0 amide bonds. The molecule has 0 unspecified atom stereocenters. The van der Waals surface area contributed by atoms with Crippen molar-refractivity contribution in [2.45, 2.75) is 70.6 Å². The van der Waals surface area contributed by atoms with Gasteiger partial charge < -0.3 is 0 Å². The maximum atomic E-state index is 12.4. The van der Waals surface area contributed by atoms with E-state index in [2.05, 4.69) is 19.9 Å². The lowest BCUT2D eigenvalue weighted by Crippen LogP contribution is -2.50. The Morgan fingerprint density at radius 2 is 1.81 bits per heavy atom. The highest BCUT2D eigenvalue weighted by molar-refractivity contribution is 6.20. The maximum Gasteiger partial charge on any atom is 0.139 e. The summed E-state index contributed by atoms with van der Waals surface area (Å²) in [5.74, 6) is 2.74. The number of alkyl halides is 1. The Balaban J connectivity index is 1.69. The number of rotatable bonds is 0. The quantitative estimate of drug-likeness (QED) is 0.448. The Bertz CT molecular complexity index is 510. The molecule has 3 saturated carbocycles. The van der Waals surface area contributed by atoms with E-state index in [-0.39, 0.29) is 5.41 Å². The number of ketones is 1. The zero-order valence-electron chi connectivity index (χ0n) is 13.3. The van der Waals surface area contributed by atoms with Crippen molar-refractivity contribution < 1.29 is 4.79 Å². The van der Waals surface area contributed by atoms with Crippen LogP contribution >= 0.6 is 11.6 Å². The van der Waals surface area contributed by atoms with Crippen LogP contribution in [0.2, 0.25) is 0 Å². The normalized spacial score (nSPS) is 52.7. The van der Waals surface area contributed by atoms with Gasteiger partial charge in [0.25, 0.3) is 0 Å². The van der Waals surface area contributed by atoms with Gasteiger partial charge in [0, 0.05) is 17.2 Å². The Morgan fingerprint density at radius 1 is 1.10 bits per heavy atom. The van der Waals surface area contributed by atoms with Crippen LogP contribution in [-0.2, 0) is 4.79 Å². The Hall–Kier alpha value is -0.300. The second kappa shape index (κ2) is 4.60. The van der Waals surface area contributed by atoms with Crippen LogP contribution in [0.3, 0.4) is 0 Å². The molecule has 0 N–H and O–H groups in total. The number of Topliss-reactive ketones (excluding diaryl/α,β-unsaturated/α-hetero) is 1. The summed E-state index contributed by atoms with van der Waals surface area (Å²) in [4.78, 5) is 12.4. The number of allylic oxidation sites excluding steroid dienone is 2.